The Balaban J connectivity index is 2.00. The molecule has 0 aromatic carbocycles. The molecular weight excluding hydrogens is 132 g/mol. The molecular formula is C11H19. The molecule has 0 atom stereocenters. The Morgan fingerprint density at radius 3 is 2.09 bits per heavy atom. The third-order valence-electron chi connectivity index (χ3n) is 3.96. The first kappa shape index (κ1) is 7.64. The SMILES string of the molecule is [CH2]CCC12CCC(CC1)CC2. The maximum absolute atomic E-state index is 3.99. The summed E-state index contributed by atoms with van der Waals surface area (Å²) in [5.74, 6) is 1.11. The highest BCUT2D eigenvalue weighted by Crippen LogP contribution is 2.52. The van der Waals surface area contributed by atoms with Gasteiger partial charge >= 0.3 is 0 Å². The van der Waals surface area contributed by atoms with Crippen molar-refractivity contribution in [2.45, 2.75) is 51.4 Å². The molecule has 3 aliphatic rings. The molecule has 2 bridgehead atoms. The number of fused-ring (bicyclic) bond motifs is 3. The van der Waals surface area contributed by atoms with Gasteiger partial charge in [-0.15, -0.1) is 0 Å². The van der Waals surface area contributed by atoms with Gasteiger partial charge in [-0.3, -0.25) is 0 Å². The highest BCUT2D eigenvalue weighted by Gasteiger charge is 2.39. The van der Waals surface area contributed by atoms with Crippen molar-refractivity contribution >= 4 is 0 Å². The van der Waals surface area contributed by atoms with Crippen molar-refractivity contribution in [1.82, 2.24) is 0 Å². The summed E-state index contributed by atoms with van der Waals surface area (Å²) < 4.78 is 0. The zero-order valence-electron chi connectivity index (χ0n) is 7.44. The van der Waals surface area contributed by atoms with Crippen LogP contribution in [0.3, 0.4) is 0 Å². The summed E-state index contributed by atoms with van der Waals surface area (Å²) in [6.07, 6.45) is 11.7. The summed E-state index contributed by atoms with van der Waals surface area (Å²) in [6, 6.07) is 0. The molecule has 0 heterocycles. The molecule has 0 amide bonds. The molecule has 0 aromatic rings. The zero-order valence-corrected chi connectivity index (χ0v) is 7.44. The molecule has 0 heteroatoms. The van der Waals surface area contributed by atoms with Crippen LogP contribution in [0.25, 0.3) is 0 Å². The Morgan fingerprint density at radius 1 is 1.09 bits per heavy atom. The van der Waals surface area contributed by atoms with Crippen molar-refractivity contribution in [3.8, 4) is 0 Å². The van der Waals surface area contributed by atoms with Crippen molar-refractivity contribution in [1.29, 1.82) is 0 Å². The third-order valence-corrected chi connectivity index (χ3v) is 3.96. The van der Waals surface area contributed by atoms with E-state index in [2.05, 4.69) is 6.92 Å². The Hall–Kier alpha value is 0. The number of rotatable bonds is 2. The van der Waals surface area contributed by atoms with Crippen LogP contribution in [-0.2, 0) is 0 Å². The minimum atomic E-state index is 0.774. The topological polar surface area (TPSA) is 0 Å². The van der Waals surface area contributed by atoms with E-state index in [1.54, 1.807) is 0 Å². The average molecular weight is 151 g/mol. The first-order chi connectivity index (χ1) is 5.35. The lowest BCUT2D eigenvalue weighted by atomic mass is 9.59. The van der Waals surface area contributed by atoms with E-state index in [4.69, 9.17) is 0 Å². The van der Waals surface area contributed by atoms with Gasteiger partial charge in [-0.2, -0.15) is 0 Å². The monoisotopic (exact) mass is 151 g/mol. The lowest BCUT2D eigenvalue weighted by Gasteiger charge is -2.46. The quantitative estimate of drug-likeness (QED) is 0.566. The molecule has 0 saturated heterocycles. The molecule has 3 saturated carbocycles. The van der Waals surface area contributed by atoms with Gasteiger partial charge in [-0.05, 0) is 56.3 Å². The van der Waals surface area contributed by atoms with E-state index in [-0.39, 0.29) is 0 Å². The smallest absolute Gasteiger partial charge is 0.0297 e. The molecule has 63 valence electrons. The van der Waals surface area contributed by atoms with Crippen LogP contribution in [0.2, 0.25) is 0 Å². The second-order valence-electron chi connectivity index (χ2n) is 4.59. The van der Waals surface area contributed by atoms with Crippen molar-refractivity contribution in [3.05, 3.63) is 6.92 Å². The van der Waals surface area contributed by atoms with Gasteiger partial charge in [0.2, 0.25) is 0 Å². The lowest BCUT2D eigenvalue weighted by Crippen LogP contribution is -2.33. The van der Waals surface area contributed by atoms with Gasteiger partial charge in [0.25, 0.3) is 0 Å². The maximum atomic E-state index is 3.99. The van der Waals surface area contributed by atoms with E-state index in [0.717, 1.165) is 17.8 Å². The molecule has 3 fully saturated rings. The van der Waals surface area contributed by atoms with Gasteiger partial charge in [0, 0.05) is 0 Å². The summed E-state index contributed by atoms with van der Waals surface area (Å²) >= 11 is 0. The van der Waals surface area contributed by atoms with Gasteiger partial charge in [-0.25, -0.2) is 0 Å². The van der Waals surface area contributed by atoms with Crippen LogP contribution < -0.4 is 0 Å². The summed E-state index contributed by atoms with van der Waals surface area (Å²) in [4.78, 5) is 0. The second kappa shape index (κ2) is 2.80. The van der Waals surface area contributed by atoms with Crippen molar-refractivity contribution in [3.63, 3.8) is 0 Å². The Morgan fingerprint density at radius 2 is 1.64 bits per heavy atom. The van der Waals surface area contributed by atoms with E-state index in [9.17, 15) is 0 Å². The maximum Gasteiger partial charge on any atom is -0.0297 e. The fourth-order valence-corrected chi connectivity index (χ4v) is 3.09. The summed E-state index contributed by atoms with van der Waals surface area (Å²) in [7, 11) is 0. The van der Waals surface area contributed by atoms with E-state index >= 15 is 0 Å². The van der Waals surface area contributed by atoms with E-state index < -0.39 is 0 Å². The van der Waals surface area contributed by atoms with Crippen LogP contribution in [0.4, 0.5) is 0 Å². The van der Waals surface area contributed by atoms with Gasteiger partial charge in [0.1, 0.15) is 0 Å². The largest absolute Gasteiger partial charge is 0.0533 e. The van der Waals surface area contributed by atoms with Gasteiger partial charge in [0.15, 0.2) is 0 Å². The number of hydrogen-bond donors (Lipinski definition) is 0. The van der Waals surface area contributed by atoms with E-state index in [0.29, 0.717) is 0 Å². The normalized spacial score (nSPS) is 42.8. The van der Waals surface area contributed by atoms with Crippen molar-refractivity contribution in [2.24, 2.45) is 11.3 Å². The Kier molecular flexibility index (Phi) is 1.95. The zero-order chi connectivity index (χ0) is 7.73. The van der Waals surface area contributed by atoms with Gasteiger partial charge in [0.05, 0.1) is 0 Å². The predicted octanol–water partition coefficient (Wildman–Crippen LogP) is 3.57. The van der Waals surface area contributed by atoms with Crippen LogP contribution in [0.1, 0.15) is 51.4 Å². The third kappa shape index (κ3) is 1.32. The van der Waals surface area contributed by atoms with Crippen molar-refractivity contribution in [2.75, 3.05) is 0 Å². The first-order valence-corrected chi connectivity index (χ1v) is 5.14. The van der Waals surface area contributed by atoms with Crippen LogP contribution in [-0.4, -0.2) is 0 Å². The molecule has 11 heavy (non-hydrogen) atoms. The lowest BCUT2D eigenvalue weighted by molar-refractivity contribution is 0.0575. The van der Waals surface area contributed by atoms with Crippen molar-refractivity contribution < 1.29 is 0 Å². The first-order valence-electron chi connectivity index (χ1n) is 5.14. The standard InChI is InChI=1S/C11H19/c1-2-6-11-7-3-10(4-8-11)5-9-11/h10H,1-9H2. The molecule has 0 N–H and O–H groups in total. The highest BCUT2D eigenvalue weighted by atomic mass is 14.4. The number of hydrogen-bond acceptors (Lipinski definition) is 0. The Bertz CT molecular complexity index is 109. The van der Waals surface area contributed by atoms with Gasteiger partial charge < -0.3 is 0 Å². The Labute approximate surface area is 70.4 Å². The van der Waals surface area contributed by atoms with Crippen LogP contribution in [0.5, 0.6) is 0 Å². The van der Waals surface area contributed by atoms with Crippen LogP contribution in [0, 0.1) is 18.3 Å². The minimum absolute atomic E-state index is 0.774. The molecule has 0 spiro atoms. The molecule has 3 rings (SSSR count). The van der Waals surface area contributed by atoms with E-state index in [1.165, 1.54) is 44.9 Å². The van der Waals surface area contributed by atoms with Gasteiger partial charge in [-0.1, -0.05) is 13.3 Å². The molecule has 0 aliphatic heterocycles. The molecule has 0 nitrogen and oxygen atoms in total. The minimum Gasteiger partial charge on any atom is -0.0533 e. The molecule has 1 radical (unpaired) electrons. The van der Waals surface area contributed by atoms with E-state index in [1.807, 2.05) is 0 Å². The fourth-order valence-electron chi connectivity index (χ4n) is 3.09. The molecule has 3 aliphatic carbocycles. The fraction of sp³-hybridized carbons (Fsp3) is 0.909. The highest BCUT2D eigenvalue weighted by molar-refractivity contribution is 4.91. The van der Waals surface area contributed by atoms with Crippen LogP contribution >= 0.6 is 0 Å². The second-order valence-corrected chi connectivity index (χ2v) is 4.59. The summed E-state index contributed by atoms with van der Waals surface area (Å²) in [5.41, 5.74) is 0.774. The predicted molar refractivity (Wildman–Crippen MR) is 48.2 cm³/mol. The molecule has 0 aromatic heterocycles. The molecule has 0 unspecified atom stereocenters. The summed E-state index contributed by atoms with van der Waals surface area (Å²) in [6.45, 7) is 3.99. The van der Waals surface area contributed by atoms with Crippen LogP contribution in [0.15, 0.2) is 0 Å². The summed E-state index contributed by atoms with van der Waals surface area (Å²) in [5, 5.41) is 0. The average Bonchev–Trinajstić information content (AvgIpc) is 2.07.